The van der Waals surface area contributed by atoms with E-state index >= 15 is 0 Å². The normalized spacial score (nSPS) is 14.7. The molecule has 0 aliphatic carbocycles. The van der Waals surface area contributed by atoms with Gasteiger partial charge >= 0.3 is 118 Å². The minimum atomic E-state index is -2.52. The second kappa shape index (κ2) is 5.72. The zero-order valence-corrected chi connectivity index (χ0v) is 14.1. The molecule has 0 bridgehead atoms. The van der Waals surface area contributed by atoms with Crippen LogP contribution in [0.15, 0.2) is 42.7 Å². The third-order valence-corrected chi connectivity index (χ3v) is 11.3. The van der Waals surface area contributed by atoms with Gasteiger partial charge in [0.25, 0.3) is 0 Å². The second-order valence-corrected chi connectivity index (χ2v) is 11.1. The van der Waals surface area contributed by atoms with Crippen molar-refractivity contribution in [2.45, 2.75) is 6.16 Å². The molecule has 0 aliphatic rings. The van der Waals surface area contributed by atoms with Crippen LogP contribution in [0.3, 0.4) is 0 Å². The number of hydrogen-bond donors (Lipinski definition) is 0. The predicted octanol–water partition coefficient (Wildman–Crippen LogP) is 3.31. The molecule has 0 aliphatic heterocycles. The van der Waals surface area contributed by atoms with Crippen molar-refractivity contribution in [1.29, 1.82) is 0 Å². The summed E-state index contributed by atoms with van der Waals surface area (Å²) in [4.78, 5) is 0. The Hall–Kier alpha value is -0.730. The van der Waals surface area contributed by atoms with E-state index in [-0.39, 0.29) is 0 Å². The zero-order chi connectivity index (χ0) is 14.7. The van der Waals surface area contributed by atoms with Gasteiger partial charge in [-0.05, 0) is 0 Å². The minimum absolute atomic E-state index is 0.975. The molecule has 19 heavy (non-hydrogen) atoms. The maximum absolute atomic E-state index is 4.20. The van der Waals surface area contributed by atoms with Crippen molar-refractivity contribution >= 4 is 7.06 Å². The Kier molecular flexibility index (Phi) is 4.91. The molecule has 0 N–H and O–H groups in total. The maximum atomic E-state index is 4.20. The average molecular weight is 281 g/mol. The summed E-state index contributed by atoms with van der Waals surface area (Å²) in [6.07, 6.45) is 0.975. The van der Waals surface area contributed by atoms with E-state index in [1.807, 2.05) is 0 Å². The van der Waals surface area contributed by atoms with Gasteiger partial charge in [-0.1, -0.05) is 0 Å². The first kappa shape index (κ1) is 16.3. The van der Waals surface area contributed by atoms with E-state index in [0.29, 0.717) is 0 Å². The van der Waals surface area contributed by atoms with Crippen molar-refractivity contribution in [3.8, 4) is 0 Å². The molecule has 0 atom stereocenters. The Morgan fingerprint density at radius 1 is 0.895 bits per heavy atom. The fourth-order valence-electron chi connectivity index (χ4n) is 2.99. The van der Waals surface area contributed by atoms with Gasteiger partial charge in [0.1, 0.15) is 0 Å². The van der Waals surface area contributed by atoms with E-state index in [0.717, 1.165) is 6.16 Å². The molecule has 108 valence electrons. The fourth-order valence-corrected chi connectivity index (χ4v) is 8.00. The molecular weight excluding hydrogens is 253 g/mol. The quantitative estimate of drug-likeness (QED) is 0.741. The van der Waals surface area contributed by atoms with Crippen LogP contribution in [0.1, 0.15) is 5.56 Å². The van der Waals surface area contributed by atoms with E-state index < -0.39 is 7.06 Å². The van der Waals surface area contributed by atoms with E-state index in [9.17, 15) is 0 Å². The van der Waals surface area contributed by atoms with E-state index in [4.69, 9.17) is 0 Å². The molecule has 0 saturated heterocycles. The van der Waals surface area contributed by atoms with Gasteiger partial charge in [0, 0.05) is 0 Å². The second-order valence-electron chi connectivity index (χ2n) is 5.59. The van der Waals surface area contributed by atoms with E-state index in [1.165, 1.54) is 5.56 Å². The van der Waals surface area contributed by atoms with E-state index in [2.05, 4.69) is 99.0 Å². The fraction of sp³-hybridized carbons (Fsp3) is 0.467. The predicted molar refractivity (Wildman–Crippen MR) is 88.3 cm³/mol. The third-order valence-electron chi connectivity index (χ3n) is 4.32. The monoisotopic (exact) mass is 281 g/mol. The van der Waals surface area contributed by atoms with Crippen LogP contribution in [0.4, 0.5) is 0 Å². The third kappa shape index (κ3) is 2.36. The van der Waals surface area contributed by atoms with Crippen LogP contribution in [0.5, 0.6) is 0 Å². The topological polar surface area (TPSA) is 9.72 Å². The molecule has 0 aromatic heterocycles. The van der Waals surface area contributed by atoms with Crippen molar-refractivity contribution in [2.75, 3.05) is 42.3 Å². The molecule has 1 aromatic rings. The number of hydrogen-bond acceptors (Lipinski definition) is 3. The van der Waals surface area contributed by atoms with Crippen molar-refractivity contribution in [2.24, 2.45) is 0 Å². The molecule has 0 heterocycles. The Morgan fingerprint density at radius 3 is 1.63 bits per heavy atom. The van der Waals surface area contributed by atoms with Gasteiger partial charge in [0.05, 0.1) is 0 Å². The molecule has 0 amide bonds. The molecule has 0 saturated carbocycles. The molecule has 0 spiro atoms. The molecule has 0 unspecified atom stereocenters. The Morgan fingerprint density at radius 2 is 1.32 bits per heavy atom. The van der Waals surface area contributed by atoms with Crippen LogP contribution in [0, 0.1) is 0 Å². The molecule has 3 nitrogen and oxygen atoms in total. The van der Waals surface area contributed by atoms with Gasteiger partial charge in [-0.2, -0.15) is 0 Å². The van der Waals surface area contributed by atoms with Gasteiger partial charge in [0.15, 0.2) is 0 Å². The summed E-state index contributed by atoms with van der Waals surface area (Å²) in [5.74, 6) is 2.17. The zero-order valence-electron chi connectivity index (χ0n) is 13.2. The number of benzene rings is 1. The van der Waals surface area contributed by atoms with Crippen LogP contribution < -0.4 is 0 Å². The van der Waals surface area contributed by atoms with Gasteiger partial charge in [0.2, 0.25) is 0 Å². The standard InChI is InChI=1S/C15H28N3P/c1-8-19(16(2)3,17(4)5,18(6)7)14-15-12-10-9-11-13-15/h8-13H,1,14H2,2-7H3. The number of nitrogens with zero attached hydrogens (tertiary/aromatic N) is 3. The Balaban J connectivity index is 3.45. The summed E-state index contributed by atoms with van der Waals surface area (Å²) in [7, 11) is 10.4. The first-order valence-electron chi connectivity index (χ1n) is 6.53. The molecular formula is C15H28N3P. The first-order valence-corrected chi connectivity index (χ1v) is 8.88. The number of rotatable bonds is 6. The van der Waals surface area contributed by atoms with Crippen LogP contribution in [-0.2, 0) is 6.16 Å². The summed E-state index contributed by atoms with van der Waals surface area (Å²) < 4.78 is 7.06. The van der Waals surface area contributed by atoms with Gasteiger partial charge in [-0.3, -0.25) is 0 Å². The summed E-state index contributed by atoms with van der Waals surface area (Å²) in [6, 6.07) is 10.7. The van der Waals surface area contributed by atoms with Gasteiger partial charge in [-0.25, -0.2) is 0 Å². The Bertz CT molecular complexity index is 402. The summed E-state index contributed by atoms with van der Waals surface area (Å²) in [5, 5.41) is 0. The van der Waals surface area contributed by atoms with Gasteiger partial charge in [-0.15, -0.1) is 0 Å². The van der Waals surface area contributed by atoms with Crippen molar-refractivity contribution < 1.29 is 0 Å². The summed E-state index contributed by atoms with van der Waals surface area (Å²) in [6.45, 7) is 4.20. The van der Waals surface area contributed by atoms with Gasteiger partial charge < -0.3 is 0 Å². The average Bonchev–Trinajstić information content (AvgIpc) is 2.36. The first-order chi connectivity index (χ1) is 8.80. The molecule has 1 aromatic carbocycles. The Labute approximate surface area is 118 Å². The van der Waals surface area contributed by atoms with E-state index in [1.54, 1.807) is 0 Å². The molecule has 0 fully saturated rings. The molecule has 4 heteroatoms. The molecule has 1 rings (SSSR count). The van der Waals surface area contributed by atoms with Crippen LogP contribution >= 0.6 is 7.06 Å². The van der Waals surface area contributed by atoms with Crippen LogP contribution in [-0.4, -0.2) is 56.3 Å². The van der Waals surface area contributed by atoms with Crippen molar-refractivity contribution in [3.63, 3.8) is 0 Å². The summed E-state index contributed by atoms with van der Waals surface area (Å²) >= 11 is 0. The van der Waals surface area contributed by atoms with Crippen molar-refractivity contribution in [1.82, 2.24) is 14.0 Å². The SMILES string of the molecule is C=CP(Cc1ccccc1)(N(C)C)(N(C)C)N(C)C. The van der Waals surface area contributed by atoms with Crippen molar-refractivity contribution in [3.05, 3.63) is 48.3 Å². The molecule has 0 radical (unpaired) electrons. The van der Waals surface area contributed by atoms with Crippen LogP contribution in [0.25, 0.3) is 0 Å². The summed E-state index contributed by atoms with van der Waals surface area (Å²) in [5.41, 5.74) is 1.34. The van der Waals surface area contributed by atoms with Crippen LogP contribution in [0.2, 0.25) is 0 Å².